The van der Waals surface area contributed by atoms with E-state index in [0.717, 1.165) is 25.2 Å². The smallest absolute Gasteiger partial charge is 0.339 e. The Labute approximate surface area is 238 Å². The normalized spacial score (nSPS) is 12.6. The van der Waals surface area contributed by atoms with Crippen molar-refractivity contribution in [2.24, 2.45) is 5.41 Å². The average Bonchev–Trinajstić information content (AvgIpc) is 2.90. The molecule has 2 aromatic rings. The first-order valence-corrected chi connectivity index (χ1v) is 13.0. The molecule has 0 saturated carbocycles. The topological polar surface area (TPSA) is 90.0 Å². The summed E-state index contributed by atoms with van der Waals surface area (Å²) < 4.78 is 15.1. The van der Waals surface area contributed by atoms with Crippen LogP contribution in [0.15, 0.2) is 30.5 Å². The number of ether oxygens (including phenoxy) is 3. The molecule has 1 aromatic carbocycles. The third-order valence-corrected chi connectivity index (χ3v) is 6.26. The predicted molar refractivity (Wildman–Crippen MR) is 156 cm³/mol. The second-order valence-electron chi connectivity index (χ2n) is 9.48. The summed E-state index contributed by atoms with van der Waals surface area (Å²) in [6.07, 6.45) is 2.63. The van der Waals surface area contributed by atoms with Gasteiger partial charge >= 0.3 is 5.97 Å². The number of hydrogen-bond donors (Lipinski definition) is 1. The second kappa shape index (κ2) is 18.8. The molecule has 1 aliphatic rings. The zero-order valence-corrected chi connectivity index (χ0v) is 25.4. The molecule has 1 atom stereocenters. The molecular formula is C28H43Cl2N3O5. The number of esters is 1. The summed E-state index contributed by atoms with van der Waals surface area (Å²) in [4.78, 5) is 26.4. The molecule has 0 fully saturated rings. The van der Waals surface area contributed by atoms with E-state index in [0.29, 0.717) is 40.6 Å². The number of rotatable bonds is 7. The minimum absolute atomic E-state index is 0.105. The van der Waals surface area contributed by atoms with Gasteiger partial charge in [-0.1, -0.05) is 57.0 Å². The number of methoxy groups -OCH3 is 1. The van der Waals surface area contributed by atoms with Crippen molar-refractivity contribution in [3.8, 4) is 5.88 Å². The highest BCUT2D eigenvalue weighted by Gasteiger charge is 2.22. The lowest BCUT2D eigenvalue weighted by atomic mass is 9.95. The van der Waals surface area contributed by atoms with Crippen LogP contribution in [0.4, 0.5) is 5.69 Å². The third-order valence-electron chi connectivity index (χ3n) is 5.52. The molecule has 0 spiro atoms. The zero-order chi connectivity index (χ0) is 29.3. The van der Waals surface area contributed by atoms with Gasteiger partial charge in [-0.3, -0.25) is 0 Å². The van der Waals surface area contributed by atoms with Crippen LogP contribution in [0.25, 0.3) is 0 Å². The van der Waals surface area contributed by atoms with E-state index in [1.165, 1.54) is 11.8 Å². The highest BCUT2D eigenvalue weighted by atomic mass is 35.5. The van der Waals surface area contributed by atoms with E-state index in [1.807, 2.05) is 57.8 Å². The molecule has 3 rings (SSSR count). The number of halogens is 2. The number of hydrogen-bond acceptors (Lipinski definition) is 8. The van der Waals surface area contributed by atoms with Crippen LogP contribution in [-0.2, 0) is 14.3 Å². The molecule has 0 radical (unpaired) electrons. The van der Waals surface area contributed by atoms with Crippen LogP contribution in [0.5, 0.6) is 5.88 Å². The minimum atomic E-state index is -0.353. The van der Waals surface area contributed by atoms with Crippen LogP contribution in [0, 0.1) is 5.41 Å². The Hall–Kier alpha value is -2.39. The number of pyridine rings is 1. The van der Waals surface area contributed by atoms with Crippen molar-refractivity contribution >= 4 is 41.6 Å². The summed E-state index contributed by atoms with van der Waals surface area (Å²) in [6, 6.07) is 7.60. The molecule has 0 amide bonds. The standard InChI is InChI=1S/C15H23N3O3.C10H12Cl2.C2H6O.CH2O/c1-15(2,9-16-3)10-21-14(19)11-7-12-13(17-8-11)20-6-5-18(12)4;1-3-7(2)8-4-5-9(11)10(12)6-8;1-3-2;1-2/h7-8,16H,5-6,9-10H2,1-4H3;4-7H,3H2,1-2H3;1-2H3;1H2. The van der Waals surface area contributed by atoms with E-state index in [1.54, 1.807) is 20.3 Å². The molecule has 38 heavy (non-hydrogen) atoms. The van der Waals surface area contributed by atoms with Crippen LogP contribution in [-0.4, -0.2) is 72.4 Å². The first-order chi connectivity index (χ1) is 18.0. The van der Waals surface area contributed by atoms with Gasteiger partial charge in [0.15, 0.2) is 0 Å². The maximum Gasteiger partial charge on any atom is 0.339 e. The number of anilines is 1. The van der Waals surface area contributed by atoms with Gasteiger partial charge in [-0.05, 0) is 43.1 Å². The summed E-state index contributed by atoms with van der Waals surface area (Å²) >= 11 is 11.7. The molecule has 2 heterocycles. The lowest BCUT2D eigenvalue weighted by molar-refractivity contribution is -0.0980. The van der Waals surface area contributed by atoms with E-state index in [2.05, 4.69) is 28.9 Å². The Morgan fingerprint density at radius 3 is 2.42 bits per heavy atom. The summed E-state index contributed by atoms with van der Waals surface area (Å²) in [7, 11) is 7.08. The number of carbonyl (C=O) groups is 2. The van der Waals surface area contributed by atoms with Gasteiger partial charge in [0, 0.05) is 39.4 Å². The summed E-state index contributed by atoms with van der Waals surface area (Å²) in [5.74, 6) is 0.768. The average molecular weight is 573 g/mol. The zero-order valence-electron chi connectivity index (χ0n) is 23.9. The van der Waals surface area contributed by atoms with Crippen molar-refractivity contribution in [2.75, 3.05) is 59.5 Å². The van der Waals surface area contributed by atoms with Crippen molar-refractivity contribution in [1.29, 1.82) is 0 Å². The molecule has 8 nitrogen and oxygen atoms in total. The predicted octanol–water partition coefficient (Wildman–Crippen LogP) is 5.90. The fourth-order valence-electron chi connectivity index (χ4n) is 3.27. The van der Waals surface area contributed by atoms with E-state index >= 15 is 0 Å². The van der Waals surface area contributed by atoms with Crippen molar-refractivity contribution in [3.05, 3.63) is 51.6 Å². The first-order valence-electron chi connectivity index (χ1n) is 12.3. The Kier molecular flexibility index (Phi) is 17.6. The van der Waals surface area contributed by atoms with Gasteiger partial charge in [-0.2, -0.15) is 0 Å². The summed E-state index contributed by atoms with van der Waals surface area (Å²) in [5.41, 5.74) is 2.43. The first kappa shape index (κ1) is 35.6. The lowest BCUT2D eigenvalue weighted by Gasteiger charge is -2.27. The number of fused-ring (bicyclic) bond motifs is 1. The van der Waals surface area contributed by atoms with Crippen molar-refractivity contribution in [3.63, 3.8) is 0 Å². The van der Waals surface area contributed by atoms with Crippen LogP contribution < -0.4 is 15.0 Å². The van der Waals surface area contributed by atoms with Crippen LogP contribution >= 0.6 is 23.2 Å². The largest absolute Gasteiger partial charge is 0.474 e. The Morgan fingerprint density at radius 1 is 1.24 bits per heavy atom. The fourth-order valence-corrected chi connectivity index (χ4v) is 3.57. The Morgan fingerprint density at radius 2 is 1.87 bits per heavy atom. The third kappa shape index (κ3) is 12.4. The lowest BCUT2D eigenvalue weighted by Crippen LogP contribution is -2.32. The van der Waals surface area contributed by atoms with Gasteiger partial charge < -0.3 is 29.2 Å². The van der Waals surface area contributed by atoms with Gasteiger partial charge in [0.25, 0.3) is 0 Å². The van der Waals surface area contributed by atoms with Crippen molar-refractivity contribution < 1.29 is 23.8 Å². The fraction of sp³-hybridized carbons (Fsp3) is 0.536. The Bertz CT molecular complexity index is 976. The maximum atomic E-state index is 12.1. The van der Waals surface area contributed by atoms with Crippen molar-refractivity contribution in [1.82, 2.24) is 10.3 Å². The van der Waals surface area contributed by atoms with Gasteiger partial charge in [0.1, 0.15) is 19.1 Å². The number of aromatic nitrogens is 1. The molecular weight excluding hydrogens is 529 g/mol. The van der Waals surface area contributed by atoms with Gasteiger partial charge in [-0.15, -0.1) is 0 Å². The molecule has 1 unspecified atom stereocenters. The number of nitrogens with one attached hydrogen (secondary N) is 1. The van der Waals surface area contributed by atoms with Crippen molar-refractivity contribution in [2.45, 2.75) is 40.0 Å². The van der Waals surface area contributed by atoms with Gasteiger partial charge in [-0.25, -0.2) is 9.78 Å². The number of carbonyl (C=O) groups excluding carboxylic acids is 2. The molecule has 0 bridgehead atoms. The maximum absolute atomic E-state index is 12.1. The molecule has 0 aliphatic carbocycles. The SMILES string of the molecule is C=O.CCC(C)c1ccc(Cl)c(Cl)c1.CNCC(C)(C)COC(=O)c1cnc2c(c1)N(C)CCO2.COC. The van der Waals surface area contributed by atoms with Gasteiger partial charge in [0.05, 0.1) is 28.8 Å². The molecule has 0 saturated heterocycles. The van der Waals surface area contributed by atoms with Crippen LogP contribution in [0.3, 0.4) is 0 Å². The van der Waals surface area contributed by atoms with Crippen LogP contribution in [0.1, 0.15) is 56.0 Å². The highest BCUT2D eigenvalue weighted by Crippen LogP contribution is 2.29. The highest BCUT2D eigenvalue weighted by molar-refractivity contribution is 6.42. The Balaban J connectivity index is 0.000000681. The van der Waals surface area contributed by atoms with E-state index < -0.39 is 0 Å². The second-order valence-corrected chi connectivity index (χ2v) is 10.3. The molecule has 1 N–H and O–H groups in total. The molecule has 1 aromatic heterocycles. The minimum Gasteiger partial charge on any atom is -0.474 e. The monoisotopic (exact) mass is 571 g/mol. The summed E-state index contributed by atoms with van der Waals surface area (Å²) in [5, 5.41) is 4.37. The molecule has 1 aliphatic heterocycles. The van der Waals surface area contributed by atoms with E-state index in [4.69, 9.17) is 37.5 Å². The van der Waals surface area contributed by atoms with E-state index in [-0.39, 0.29) is 11.4 Å². The van der Waals surface area contributed by atoms with Gasteiger partial charge in [0.2, 0.25) is 5.88 Å². The molecule has 214 valence electrons. The van der Waals surface area contributed by atoms with Crippen LogP contribution in [0.2, 0.25) is 10.0 Å². The summed E-state index contributed by atoms with van der Waals surface area (Å²) in [6.45, 7) is 13.0. The van der Waals surface area contributed by atoms with E-state index in [9.17, 15) is 4.79 Å². The number of likely N-dealkylation sites (N-methyl/N-ethyl adjacent to an activating group) is 1. The number of benzene rings is 1. The quantitative estimate of drug-likeness (QED) is 0.411. The molecule has 10 heteroatoms. The number of nitrogens with zero attached hydrogens (tertiary/aromatic N) is 2.